The van der Waals surface area contributed by atoms with Crippen LogP contribution in [0.2, 0.25) is 25.7 Å². The van der Waals surface area contributed by atoms with Crippen LogP contribution in [0.25, 0.3) is 0 Å². The lowest BCUT2D eigenvalue weighted by Gasteiger charge is -2.45. The topological polar surface area (TPSA) is 9.23 Å². The third kappa shape index (κ3) is 5.94. The lowest BCUT2D eigenvalue weighted by atomic mass is 10.0. The van der Waals surface area contributed by atoms with Crippen molar-refractivity contribution in [1.82, 2.24) is 0 Å². The maximum atomic E-state index is 6.58. The Morgan fingerprint density at radius 1 is 1.00 bits per heavy atom. The quantitative estimate of drug-likeness (QED) is 0.552. The Bertz CT molecular complexity index is 253. The van der Waals surface area contributed by atoms with E-state index in [1.54, 1.807) is 0 Å². The molecule has 0 heterocycles. The number of hydrogen-bond acceptors (Lipinski definition) is 2. The summed E-state index contributed by atoms with van der Waals surface area (Å²) in [5, 5.41) is 0. The van der Waals surface area contributed by atoms with Gasteiger partial charge < -0.3 is 4.43 Å². The molecule has 1 unspecified atom stereocenters. The minimum absolute atomic E-state index is 0.0283. The average Bonchev–Trinajstić information content (AvgIpc) is 1.97. The second kappa shape index (κ2) is 5.39. The van der Waals surface area contributed by atoms with Gasteiger partial charge in [0.1, 0.15) is 0 Å². The van der Waals surface area contributed by atoms with Crippen molar-refractivity contribution in [2.75, 3.05) is 0 Å². The fraction of sp³-hybridized carbons (Fsp3) is 1.00. The Kier molecular flexibility index (Phi) is 5.63. The van der Waals surface area contributed by atoms with Crippen molar-refractivity contribution >= 4 is 26.7 Å². The van der Waals surface area contributed by atoms with Crippen LogP contribution in [-0.4, -0.2) is 20.2 Å². The molecule has 0 aromatic rings. The van der Waals surface area contributed by atoms with E-state index in [9.17, 15) is 0 Å². The first kappa shape index (κ1) is 17.7. The number of rotatable bonds is 5. The van der Waals surface area contributed by atoms with Crippen molar-refractivity contribution in [3.05, 3.63) is 0 Å². The molecule has 104 valence electrons. The van der Waals surface area contributed by atoms with Crippen LogP contribution in [-0.2, 0) is 4.43 Å². The first-order chi connectivity index (χ1) is 7.22. The summed E-state index contributed by atoms with van der Waals surface area (Å²) in [5.74, 6) is 0. The van der Waals surface area contributed by atoms with Gasteiger partial charge in [0, 0.05) is 0 Å². The zero-order valence-electron chi connectivity index (χ0n) is 13.3. The molecule has 1 nitrogen and oxygen atoms in total. The Labute approximate surface area is 116 Å². The van der Waals surface area contributed by atoms with Crippen LogP contribution in [0.1, 0.15) is 48.0 Å². The largest absolute Gasteiger partial charge is 0.405 e. The Hall–Kier alpha value is 0.744. The van der Waals surface area contributed by atoms with Gasteiger partial charge in [0.05, 0.1) is 13.2 Å². The zero-order valence-corrected chi connectivity index (χ0v) is 16.2. The number of thiol groups is 1. The lowest BCUT2D eigenvalue weighted by Crippen LogP contribution is -2.60. The summed E-state index contributed by atoms with van der Waals surface area (Å²) in [6.07, 6.45) is 1.05. The smallest absolute Gasteiger partial charge is 0.236 e. The molecule has 0 amide bonds. The monoisotopic (exact) mass is 292 g/mol. The molecular formula is C13H32OSSi2. The zero-order chi connectivity index (χ0) is 14.1. The van der Waals surface area contributed by atoms with E-state index in [4.69, 9.17) is 16.5 Å². The molecule has 0 saturated carbocycles. The normalized spacial score (nSPS) is 18.0. The fourth-order valence-corrected chi connectivity index (χ4v) is 12.2. The van der Waals surface area contributed by atoms with Gasteiger partial charge in [-0.25, -0.2) is 0 Å². The molecule has 0 aliphatic heterocycles. The Morgan fingerprint density at radius 3 is 1.65 bits per heavy atom. The predicted molar refractivity (Wildman–Crippen MR) is 87.8 cm³/mol. The maximum Gasteiger partial charge on any atom is 0.236 e. The van der Waals surface area contributed by atoms with E-state index in [-0.39, 0.29) is 5.60 Å². The molecule has 4 heteroatoms. The van der Waals surface area contributed by atoms with Gasteiger partial charge in [-0.1, -0.05) is 47.3 Å². The molecule has 0 aromatic carbocycles. The van der Waals surface area contributed by atoms with E-state index in [0.717, 1.165) is 12.5 Å². The molecule has 0 fully saturated rings. The highest BCUT2D eigenvalue weighted by atomic mass is 32.3. The Balaban J connectivity index is 5.14. The van der Waals surface area contributed by atoms with Crippen molar-refractivity contribution in [2.24, 2.45) is 5.41 Å². The van der Waals surface area contributed by atoms with Gasteiger partial charge in [-0.3, -0.25) is 0 Å². The molecule has 0 radical (unpaired) electrons. The molecule has 0 N–H and O–H groups in total. The molecule has 0 bridgehead atoms. The van der Waals surface area contributed by atoms with Crippen LogP contribution in [0.3, 0.4) is 0 Å². The van der Waals surface area contributed by atoms with E-state index >= 15 is 0 Å². The third-order valence-electron chi connectivity index (χ3n) is 3.24. The summed E-state index contributed by atoms with van der Waals surface area (Å²) >= 11 is 5.12. The molecular weight excluding hydrogens is 260 g/mol. The molecule has 1 atom stereocenters. The van der Waals surface area contributed by atoms with Gasteiger partial charge >= 0.3 is 0 Å². The molecule has 0 aliphatic rings. The van der Waals surface area contributed by atoms with Gasteiger partial charge in [-0.05, 0) is 31.7 Å². The van der Waals surface area contributed by atoms with Crippen molar-refractivity contribution in [3.63, 3.8) is 0 Å². The van der Waals surface area contributed by atoms with E-state index in [0.29, 0.717) is 5.41 Å². The third-order valence-corrected chi connectivity index (χ3v) is 22.7. The summed E-state index contributed by atoms with van der Waals surface area (Å²) in [4.78, 5) is 0. The van der Waals surface area contributed by atoms with Crippen LogP contribution >= 0.6 is 12.1 Å². The second-order valence-corrected chi connectivity index (χ2v) is 25.0. The Morgan fingerprint density at radius 2 is 1.41 bits per heavy atom. The molecule has 0 rings (SSSR count). The van der Waals surface area contributed by atoms with Gasteiger partial charge in [0.15, 0.2) is 0 Å². The lowest BCUT2D eigenvalue weighted by molar-refractivity contribution is 0.102. The molecule has 0 saturated heterocycles. The standard InChI is InChI=1S/C13H32OSSi2/c1-10-13(5,6)14-17(15,16(7,8)9)11-12(2,3)4/h15H,10-11H2,1-9H3. The minimum Gasteiger partial charge on any atom is -0.405 e. The summed E-state index contributed by atoms with van der Waals surface area (Å²) in [5.41, 5.74) is 0.275. The highest BCUT2D eigenvalue weighted by Gasteiger charge is 2.49. The first-order valence-electron chi connectivity index (χ1n) is 6.65. The minimum atomic E-state index is -1.91. The van der Waals surface area contributed by atoms with Crippen LogP contribution in [0.5, 0.6) is 0 Å². The van der Waals surface area contributed by atoms with Crippen molar-refractivity contribution in [3.8, 4) is 0 Å². The van der Waals surface area contributed by atoms with E-state index in [1.165, 1.54) is 0 Å². The van der Waals surface area contributed by atoms with Gasteiger partial charge in [0.25, 0.3) is 0 Å². The first-order valence-corrected chi connectivity index (χ1v) is 14.6. The van der Waals surface area contributed by atoms with Crippen molar-refractivity contribution in [2.45, 2.75) is 79.2 Å². The summed E-state index contributed by atoms with van der Waals surface area (Å²) in [6, 6.07) is 1.14. The van der Waals surface area contributed by atoms with Crippen LogP contribution < -0.4 is 0 Å². The van der Waals surface area contributed by atoms with E-state index < -0.39 is 14.6 Å². The van der Waals surface area contributed by atoms with Crippen LogP contribution in [0.4, 0.5) is 0 Å². The SMILES string of the molecule is CCC(C)(C)O[Si](S)(CC(C)(C)C)[Si](C)(C)C. The molecule has 0 spiro atoms. The van der Waals surface area contributed by atoms with Crippen LogP contribution in [0, 0.1) is 5.41 Å². The highest BCUT2D eigenvalue weighted by Crippen LogP contribution is 2.39. The summed E-state index contributed by atoms with van der Waals surface area (Å²) in [7, 11) is -1.37. The van der Waals surface area contributed by atoms with Crippen LogP contribution in [0.15, 0.2) is 0 Å². The maximum absolute atomic E-state index is 6.58. The highest BCUT2D eigenvalue weighted by molar-refractivity contribution is 8.22. The summed E-state index contributed by atoms with van der Waals surface area (Å²) in [6.45, 7) is 18.8. The molecule has 17 heavy (non-hydrogen) atoms. The van der Waals surface area contributed by atoms with Gasteiger partial charge in [-0.2, -0.15) is 12.1 Å². The second-order valence-electron chi connectivity index (χ2n) is 7.99. The van der Waals surface area contributed by atoms with Crippen molar-refractivity contribution in [1.29, 1.82) is 0 Å². The van der Waals surface area contributed by atoms with Gasteiger partial charge in [0.2, 0.25) is 6.98 Å². The predicted octanol–water partition coefficient (Wildman–Crippen LogP) is 5.03. The van der Waals surface area contributed by atoms with E-state index in [1.807, 2.05) is 0 Å². The summed E-state index contributed by atoms with van der Waals surface area (Å²) < 4.78 is 6.58. The van der Waals surface area contributed by atoms with E-state index in [2.05, 4.69) is 61.2 Å². The average molecular weight is 293 g/mol. The molecule has 0 aromatic heterocycles. The fourth-order valence-electron chi connectivity index (χ4n) is 1.70. The number of hydrogen-bond donors (Lipinski definition) is 1. The molecule has 0 aliphatic carbocycles. The van der Waals surface area contributed by atoms with Crippen molar-refractivity contribution < 1.29 is 4.43 Å². The van der Waals surface area contributed by atoms with Gasteiger partial charge in [-0.15, -0.1) is 0 Å².